The third-order valence-corrected chi connectivity index (χ3v) is 9.11. The second kappa shape index (κ2) is 12.3. The molecule has 1 atom stereocenters. The van der Waals surface area contributed by atoms with Gasteiger partial charge in [-0.2, -0.15) is 0 Å². The number of nitrogens with zero attached hydrogens (tertiary/aromatic N) is 3. The molecule has 2 aromatic carbocycles. The monoisotopic (exact) mass is 585 g/mol. The standard InChI is InChI=1S/C33H42F3N3O3/c1-32(2,3)38-19-17-37(18-20-38)30(40)24-11-9-23(10-12-24)25-13-14-26(29(22-25)42-33(34,35)36)21-27-15-16-39(31(27)41)28-7-5-4-6-8-28/h9-14,22,27-28H,4-8,15-21H2,1-3H3. The number of benzene rings is 2. The first-order valence-corrected chi connectivity index (χ1v) is 15.2. The lowest BCUT2D eigenvalue weighted by Crippen LogP contribution is -2.54. The van der Waals surface area contributed by atoms with Crippen LogP contribution in [0.25, 0.3) is 11.1 Å². The highest BCUT2D eigenvalue weighted by molar-refractivity contribution is 5.94. The van der Waals surface area contributed by atoms with E-state index in [9.17, 15) is 22.8 Å². The van der Waals surface area contributed by atoms with Crippen molar-refractivity contribution in [3.8, 4) is 16.9 Å². The van der Waals surface area contributed by atoms with Crippen LogP contribution in [0.5, 0.6) is 5.75 Å². The Balaban J connectivity index is 1.28. The fourth-order valence-electron chi connectivity index (χ4n) is 6.66. The molecule has 2 aliphatic heterocycles. The summed E-state index contributed by atoms with van der Waals surface area (Å²) in [6.07, 6.45) is 1.45. The van der Waals surface area contributed by atoms with Crippen molar-refractivity contribution in [3.63, 3.8) is 0 Å². The number of rotatable bonds is 6. The predicted octanol–water partition coefficient (Wildman–Crippen LogP) is 6.53. The Morgan fingerprint density at radius 3 is 2.12 bits per heavy atom. The number of carbonyl (C=O) groups is 2. The number of likely N-dealkylation sites (tertiary alicyclic amines) is 1. The first kappa shape index (κ1) is 30.4. The van der Waals surface area contributed by atoms with Crippen molar-refractivity contribution in [3.05, 3.63) is 53.6 Å². The Bertz CT molecular complexity index is 1260. The van der Waals surface area contributed by atoms with Gasteiger partial charge in [0.1, 0.15) is 5.75 Å². The summed E-state index contributed by atoms with van der Waals surface area (Å²) in [7, 11) is 0. The summed E-state index contributed by atoms with van der Waals surface area (Å²) in [5.41, 5.74) is 2.22. The molecule has 0 aromatic heterocycles. The van der Waals surface area contributed by atoms with Gasteiger partial charge in [0.2, 0.25) is 5.91 Å². The SMILES string of the molecule is CC(C)(C)N1CCN(C(=O)c2ccc(-c3ccc(CC4CCN(C5CCCCC5)C4=O)c(OC(F)(F)F)c3)cc2)CC1. The van der Waals surface area contributed by atoms with Crippen molar-refractivity contribution >= 4 is 11.8 Å². The molecule has 228 valence electrons. The summed E-state index contributed by atoms with van der Waals surface area (Å²) in [5, 5.41) is 0. The van der Waals surface area contributed by atoms with Crippen molar-refractivity contribution in [1.29, 1.82) is 0 Å². The average molecular weight is 586 g/mol. The van der Waals surface area contributed by atoms with Crippen LogP contribution in [0.3, 0.4) is 0 Å². The molecule has 0 bridgehead atoms. The van der Waals surface area contributed by atoms with Crippen LogP contribution in [0.1, 0.15) is 75.2 Å². The molecule has 3 aliphatic rings. The molecule has 2 saturated heterocycles. The largest absolute Gasteiger partial charge is 0.573 e. The van der Waals surface area contributed by atoms with Gasteiger partial charge in [-0.15, -0.1) is 13.2 Å². The Morgan fingerprint density at radius 1 is 0.857 bits per heavy atom. The van der Waals surface area contributed by atoms with E-state index in [1.807, 2.05) is 9.80 Å². The van der Waals surface area contributed by atoms with Crippen molar-refractivity contribution in [2.75, 3.05) is 32.7 Å². The van der Waals surface area contributed by atoms with Crippen LogP contribution in [0, 0.1) is 5.92 Å². The van der Waals surface area contributed by atoms with E-state index in [0.717, 1.165) is 38.8 Å². The molecule has 1 unspecified atom stereocenters. The molecule has 42 heavy (non-hydrogen) atoms. The number of hydrogen-bond acceptors (Lipinski definition) is 4. The molecule has 1 aliphatic carbocycles. The minimum Gasteiger partial charge on any atom is -0.405 e. The van der Waals surface area contributed by atoms with Gasteiger partial charge in [0.15, 0.2) is 0 Å². The van der Waals surface area contributed by atoms with Gasteiger partial charge in [0.25, 0.3) is 5.91 Å². The Kier molecular flexibility index (Phi) is 8.88. The third kappa shape index (κ3) is 7.10. The second-order valence-electron chi connectivity index (χ2n) is 12.9. The predicted molar refractivity (Wildman–Crippen MR) is 156 cm³/mol. The molecule has 5 rings (SSSR count). The van der Waals surface area contributed by atoms with Gasteiger partial charge in [-0.1, -0.05) is 43.5 Å². The number of ether oxygens (including phenoxy) is 1. The van der Waals surface area contributed by atoms with E-state index >= 15 is 0 Å². The maximum Gasteiger partial charge on any atom is 0.573 e. The summed E-state index contributed by atoms with van der Waals surface area (Å²) < 4.78 is 44.7. The molecule has 0 radical (unpaired) electrons. The zero-order valence-electron chi connectivity index (χ0n) is 24.9. The lowest BCUT2D eigenvalue weighted by molar-refractivity contribution is -0.274. The number of hydrogen-bond donors (Lipinski definition) is 0. The van der Waals surface area contributed by atoms with E-state index in [1.54, 1.807) is 36.4 Å². The topological polar surface area (TPSA) is 53.1 Å². The number of carbonyl (C=O) groups excluding carboxylic acids is 2. The van der Waals surface area contributed by atoms with E-state index in [4.69, 9.17) is 0 Å². The van der Waals surface area contributed by atoms with Gasteiger partial charge in [-0.25, -0.2) is 0 Å². The summed E-state index contributed by atoms with van der Waals surface area (Å²) >= 11 is 0. The average Bonchev–Trinajstić information content (AvgIpc) is 3.32. The minimum absolute atomic E-state index is 0.0454. The smallest absolute Gasteiger partial charge is 0.405 e. The van der Waals surface area contributed by atoms with E-state index in [-0.39, 0.29) is 41.5 Å². The normalized spacial score (nSPS) is 21.2. The van der Waals surface area contributed by atoms with Crippen molar-refractivity contribution in [1.82, 2.24) is 14.7 Å². The van der Waals surface area contributed by atoms with Gasteiger partial charge in [0, 0.05) is 55.8 Å². The van der Waals surface area contributed by atoms with E-state index in [1.165, 1.54) is 12.5 Å². The van der Waals surface area contributed by atoms with Crippen LogP contribution in [-0.2, 0) is 11.2 Å². The molecule has 2 aromatic rings. The van der Waals surface area contributed by atoms with E-state index in [2.05, 4.69) is 30.4 Å². The number of amides is 2. The quantitative estimate of drug-likeness (QED) is 0.387. The fraction of sp³-hybridized carbons (Fsp3) is 0.576. The zero-order chi connectivity index (χ0) is 30.1. The molecule has 9 heteroatoms. The van der Waals surface area contributed by atoms with Gasteiger partial charge in [0.05, 0.1) is 0 Å². The lowest BCUT2D eigenvalue weighted by Gasteiger charge is -2.42. The Morgan fingerprint density at radius 2 is 1.50 bits per heavy atom. The molecule has 2 heterocycles. The third-order valence-electron chi connectivity index (χ3n) is 9.11. The van der Waals surface area contributed by atoms with Crippen LogP contribution >= 0.6 is 0 Å². The van der Waals surface area contributed by atoms with Crippen LogP contribution in [-0.4, -0.2) is 77.2 Å². The maximum absolute atomic E-state index is 13.4. The summed E-state index contributed by atoms with van der Waals surface area (Å²) in [5.74, 6) is -0.622. The van der Waals surface area contributed by atoms with Gasteiger partial charge < -0.3 is 14.5 Å². The first-order chi connectivity index (χ1) is 19.9. The highest BCUT2D eigenvalue weighted by Gasteiger charge is 2.38. The van der Waals surface area contributed by atoms with Crippen LogP contribution < -0.4 is 4.74 Å². The van der Waals surface area contributed by atoms with Gasteiger partial charge in [-0.3, -0.25) is 14.5 Å². The highest BCUT2D eigenvalue weighted by Crippen LogP contribution is 2.36. The first-order valence-electron chi connectivity index (χ1n) is 15.2. The van der Waals surface area contributed by atoms with Crippen molar-refractivity contribution in [2.45, 2.75) is 83.7 Å². The van der Waals surface area contributed by atoms with Gasteiger partial charge >= 0.3 is 6.36 Å². The molecule has 1 saturated carbocycles. The van der Waals surface area contributed by atoms with E-state index in [0.29, 0.717) is 48.3 Å². The highest BCUT2D eigenvalue weighted by atomic mass is 19.4. The number of piperazine rings is 1. The van der Waals surface area contributed by atoms with Crippen LogP contribution in [0.4, 0.5) is 13.2 Å². The molecular formula is C33H42F3N3O3. The second-order valence-corrected chi connectivity index (χ2v) is 12.9. The number of halogens is 3. The van der Waals surface area contributed by atoms with Crippen LogP contribution in [0.2, 0.25) is 0 Å². The molecular weight excluding hydrogens is 543 g/mol. The molecule has 6 nitrogen and oxygen atoms in total. The molecule has 0 spiro atoms. The van der Waals surface area contributed by atoms with Crippen LogP contribution in [0.15, 0.2) is 42.5 Å². The van der Waals surface area contributed by atoms with Crippen molar-refractivity contribution in [2.24, 2.45) is 5.92 Å². The van der Waals surface area contributed by atoms with Gasteiger partial charge in [-0.05, 0) is 81.3 Å². The minimum atomic E-state index is -4.85. The Hall–Kier alpha value is -3.07. The summed E-state index contributed by atoms with van der Waals surface area (Å²) in [6.45, 7) is 10.1. The summed E-state index contributed by atoms with van der Waals surface area (Å²) in [4.78, 5) is 32.5. The number of alkyl halides is 3. The molecule has 0 N–H and O–H groups in total. The zero-order valence-corrected chi connectivity index (χ0v) is 24.9. The summed E-state index contributed by atoms with van der Waals surface area (Å²) in [6, 6.07) is 12.0. The van der Waals surface area contributed by atoms with E-state index < -0.39 is 6.36 Å². The van der Waals surface area contributed by atoms with Crippen molar-refractivity contribution < 1.29 is 27.5 Å². The Labute approximate surface area is 246 Å². The molecule has 2 amide bonds. The lowest BCUT2D eigenvalue weighted by atomic mass is 9.93. The molecule has 3 fully saturated rings. The fourth-order valence-corrected chi connectivity index (χ4v) is 6.66. The maximum atomic E-state index is 13.4.